The van der Waals surface area contributed by atoms with Crippen molar-refractivity contribution in [1.82, 2.24) is 0 Å². The smallest absolute Gasteiger partial charge is 0.335 e. The van der Waals surface area contributed by atoms with Gasteiger partial charge in [-0.2, -0.15) is 0 Å². The summed E-state index contributed by atoms with van der Waals surface area (Å²) in [5, 5.41) is 8.72. The Kier molecular flexibility index (Phi) is 6.15. The van der Waals surface area contributed by atoms with Gasteiger partial charge in [-0.1, -0.05) is 6.58 Å². The van der Waals surface area contributed by atoms with Crippen molar-refractivity contribution in [3.63, 3.8) is 0 Å². The SMILES string of the molecule is C=CC(=O)OCCCCOc1ccc(C(=O)O)cc1. The van der Waals surface area contributed by atoms with Crippen LogP contribution in [0, 0.1) is 0 Å². The van der Waals surface area contributed by atoms with Gasteiger partial charge in [0.15, 0.2) is 0 Å². The third-order valence-electron chi connectivity index (χ3n) is 2.32. The summed E-state index contributed by atoms with van der Waals surface area (Å²) in [5.74, 6) is -0.770. The lowest BCUT2D eigenvalue weighted by atomic mass is 10.2. The highest BCUT2D eigenvalue weighted by Crippen LogP contribution is 2.12. The number of carboxylic acid groups (broad SMARTS) is 1. The molecule has 0 aliphatic heterocycles. The molecule has 102 valence electrons. The summed E-state index contributed by atoms with van der Waals surface area (Å²) in [7, 11) is 0. The Balaban J connectivity index is 2.17. The third kappa shape index (κ3) is 5.72. The maximum Gasteiger partial charge on any atom is 0.335 e. The summed E-state index contributed by atoms with van der Waals surface area (Å²) in [6.07, 6.45) is 2.57. The zero-order valence-corrected chi connectivity index (χ0v) is 10.5. The molecule has 0 saturated heterocycles. The molecule has 0 aromatic heterocycles. The maximum atomic E-state index is 10.7. The normalized spacial score (nSPS) is 9.68. The van der Waals surface area contributed by atoms with Gasteiger partial charge >= 0.3 is 11.9 Å². The summed E-state index contributed by atoms with van der Waals surface area (Å²) in [5.41, 5.74) is 0.226. The zero-order valence-electron chi connectivity index (χ0n) is 10.5. The van der Waals surface area contributed by atoms with Crippen LogP contribution in [0.3, 0.4) is 0 Å². The topological polar surface area (TPSA) is 72.8 Å². The van der Waals surface area contributed by atoms with Gasteiger partial charge in [-0.3, -0.25) is 0 Å². The van der Waals surface area contributed by atoms with Gasteiger partial charge < -0.3 is 14.6 Å². The van der Waals surface area contributed by atoms with E-state index in [1.807, 2.05) is 0 Å². The standard InChI is InChI=1S/C14H16O5/c1-2-13(15)19-10-4-3-9-18-12-7-5-11(6-8-12)14(16)17/h2,5-8H,1,3-4,9-10H2,(H,16,17). The van der Waals surface area contributed by atoms with Gasteiger partial charge in [-0.15, -0.1) is 0 Å². The molecule has 0 aliphatic rings. The number of ether oxygens (including phenoxy) is 2. The number of aromatic carboxylic acids is 1. The number of hydrogen-bond donors (Lipinski definition) is 1. The lowest BCUT2D eigenvalue weighted by Gasteiger charge is -2.06. The zero-order chi connectivity index (χ0) is 14.1. The Morgan fingerprint density at radius 1 is 1.16 bits per heavy atom. The first-order valence-electron chi connectivity index (χ1n) is 5.89. The molecule has 5 nitrogen and oxygen atoms in total. The average molecular weight is 264 g/mol. The molecule has 0 fully saturated rings. The molecule has 0 unspecified atom stereocenters. The molecule has 0 amide bonds. The van der Waals surface area contributed by atoms with Crippen molar-refractivity contribution in [2.45, 2.75) is 12.8 Å². The van der Waals surface area contributed by atoms with E-state index in [1.54, 1.807) is 12.1 Å². The molecule has 0 atom stereocenters. The Morgan fingerprint density at radius 3 is 2.37 bits per heavy atom. The first-order chi connectivity index (χ1) is 9.13. The third-order valence-corrected chi connectivity index (χ3v) is 2.32. The van der Waals surface area contributed by atoms with E-state index in [2.05, 4.69) is 6.58 Å². The molecular weight excluding hydrogens is 248 g/mol. The van der Waals surface area contributed by atoms with E-state index in [0.717, 1.165) is 12.5 Å². The second-order valence-corrected chi connectivity index (χ2v) is 3.76. The molecule has 0 saturated carbocycles. The fourth-order valence-corrected chi connectivity index (χ4v) is 1.32. The van der Waals surface area contributed by atoms with Crippen LogP contribution in [-0.4, -0.2) is 30.3 Å². The molecule has 5 heteroatoms. The number of carbonyl (C=O) groups excluding carboxylic acids is 1. The van der Waals surface area contributed by atoms with Crippen molar-refractivity contribution in [2.24, 2.45) is 0 Å². The first-order valence-corrected chi connectivity index (χ1v) is 5.89. The van der Waals surface area contributed by atoms with Crippen LogP contribution in [0.1, 0.15) is 23.2 Å². The minimum atomic E-state index is -0.962. The van der Waals surface area contributed by atoms with Crippen molar-refractivity contribution < 1.29 is 24.2 Å². The molecule has 1 aromatic rings. The number of unbranched alkanes of at least 4 members (excludes halogenated alkanes) is 1. The molecule has 19 heavy (non-hydrogen) atoms. The van der Waals surface area contributed by atoms with Crippen molar-refractivity contribution in [2.75, 3.05) is 13.2 Å². The highest BCUT2D eigenvalue weighted by Gasteiger charge is 2.02. The first kappa shape index (κ1) is 14.8. The van der Waals surface area contributed by atoms with E-state index in [9.17, 15) is 9.59 Å². The Hall–Kier alpha value is -2.30. The van der Waals surface area contributed by atoms with Crippen LogP contribution in [0.4, 0.5) is 0 Å². The number of hydrogen-bond acceptors (Lipinski definition) is 4. The van der Waals surface area contributed by atoms with E-state index >= 15 is 0 Å². The lowest BCUT2D eigenvalue weighted by Crippen LogP contribution is -2.04. The van der Waals surface area contributed by atoms with E-state index in [-0.39, 0.29) is 5.56 Å². The van der Waals surface area contributed by atoms with E-state index < -0.39 is 11.9 Å². The van der Waals surface area contributed by atoms with Crippen molar-refractivity contribution >= 4 is 11.9 Å². The van der Waals surface area contributed by atoms with Crippen LogP contribution >= 0.6 is 0 Å². The summed E-state index contributed by atoms with van der Waals surface area (Å²) in [4.78, 5) is 21.4. The van der Waals surface area contributed by atoms with Crippen molar-refractivity contribution in [3.8, 4) is 5.75 Å². The fourth-order valence-electron chi connectivity index (χ4n) is 1.32. The van der Waals surface area contributed by atoms with Gasteiger partial charge in [0.25, 0.3) is 0 Å². The summed E-state index contributed by atoms with van der Waals surface area (Å²) < 4.78 is 10.2. The minimum absolute atomic E-state index is 0.226. The molecule has 1 aromatic carbocycles. The van der Waals surface area contributed by atoms with Gasteiger partial charge in [-0.25, -0.2) is 9.59 Å². The number of benzene rings is 1. The predicted octanol–water partition coefficient (Wildman–Crippen LogP) is 2.27. The summed E-state index contributed by atoms with van der Waals surface area (Å²) in [6.45, 7) is 4.12. The predicted molar refractivity (Wildman–Crippen MR) is 69.3 cm³/mol. The molecule has 1 N–H and O–H groups in total. The van der Waals surface area contributed by atoms with E-state index in [0.29, 0.717) is 25.4 Å². The second-order valence-electron chi connectivity index (χ2n) is 3.76. The van der Waals surface area contributed by atoms with Crippen LogP contribution in [0.2, 0.25) is 0 Å². The largest absolute Gasteiger partial charge is 0.494 e. The van der Waals surface area contributed by atoms with Gasteiger partial charge in [0.05, 0.1) is 18.8 Å². The van der Waals surface area contributed by atoms with Crippen molar-refractivity contribution in [1.29, 1.82) is 0 Å². The van der Waals surface area contributed by atoms with Crippen LogP contribution in [0.5, 0.6) is 5.75 Å². The molecule has 0 radical (unpaired) electrons. The monoisotopic (exact) mass is 264 g/mol. The summed E-state index contributed by atoms with van der Waals surface area (Å²) >= 11 is 0. The maximum absolute atomic E-state index is 10.7. The highest BCUT2D eigenvalue weighted by atomic mass is 16.5. The molecule has 0 aliphatic carbocycles. The van der Waals surface area contributed by atoms with Crippen LogP contribution in [0.15, 0.2) is 36.9 Å². The Morgan fingerprint density at radius 2 is 1.79 bits per heavy atom. The number of carbonyl (C=O) groups is 2. The van der Waals surface area contributed by atoms with Gasteiger partial charge in [-0.05, 0) is 37.1 Å². The second kappa shape index (κ2) is 7.92. The highest BCUT2D eigenvalue weighted by molar-refractivity contribution is 5.87. The fraction of sp³-hybridized carbons (Fsp3) is 0.286. The summed E-state index contributed by atoms with van der Waals surface area (Å²) in [6, 6.07) is 6.20. The molecule has 0 spiro atoms. The van der Waals surface area contributed by atoms with Crippen molar-refractivity contribution in [3.05, 3.63) is 42.5 Å². The average Bonchev–Trinajstić information content (AvgIpc) is 2.42. The molecule has 0 bridgehead atoms. The van der Waals surface area contributed by atoms with Crippen LogP contribution < -0.4 is 4.74 Å². The van der Waals surface area contributed by atoms with E-state index in [1.165, 1.54) is 12.1 Å². The van der Waals surface area contributed by atoms with Gasteiger partial charge in [0.2, 0.25) is 0 Å². The Labute approximate surface area is 111 Å². The molecule has 0 heterocycles. The quantitative estimate of drug-likeness (QED) is 0.443. The number of carboxylic acids is 1. The van der Waals surface area contributed by atoms with Crippen LogP contribution in [-0.2, 0) is 9.53 Å². The van der Waals surface area contributed by atoms with E-state index in [4.69, 9.17) is 14.6 Å². The number of esters is 1. The van der Waals surface area contributed by atoms with Gasteiger partial charge in [0, 0.05) is 6.08 Å². The molecule has 1 rings (SSSR count). The number of rotatable bonds is 8. The molecular formula is C14H16O5. The van der Waals surface area contributed by atoms with Gasteiger partial charge in [0.1, 0.15) is 5.75 Å². The minimum Gasteiger partial charge on any atom is -0.494 e. The van der Waals surface area contributed by atoms with Crippen LogP contribution in [0.25, 0.3) is 0 Å². The Bertz CT molecular complexity index is 436. The lowest BCUT2D eigenvalue weighted by molar-refractivity contribution is -0.137.